The summed E-state index contributed by atoms with van der Waals surface area (Å²) in [6, 6.07) is 18.8. The molecule has 7 heteroatoms. The van der Waals surface area contributed by atoms with Gasteiger partial charge in [-0.2, -0.15) is 4.39 Å². The van der Waals surface area contributed by atoms with E-state index in [9.17, 15) is 4.39 Å². The summed E-state index contributed by atoms with van der Waals surface area (Å²) < 4.78 is 21.1. The fraction of sp³-hybridized carbons (Fsp3) is 0.182. The van der Waals surface area contributed by atoms with Gasteiger partial charge >= 0.3 is 0 Å². The second kappa shape index (κ2) is 7.52. The number of hydrogen-bond donors (Lipinski definition) is 1. The predicted octanol–water partition coefficient (Wildman–Crippen LogP) is 4.12. The molecule has 1 fully saturated rings. The SMILES string of the molecule is Fc1cccc(-c2nc3ccccn3c2Nc2ccc(N3CCOCC3)cc2)n1. The van der Waals surface area contributed by atoms with E-state index in [0.29, 0.717) is 11.4 Å². The zero-order chi connectivity index (χ0) is 19.6. The van der Waals surface area contributed by atoms with Gasteiger partial charge < -0.3 is 15.0 Å². The third-order valence-electron chi connectivity index (χ3n) is 4.99. The molecule has 1 saturated heterocycles. The van der Waals surface area contributed by atoms with Crippen molar-refractivity contribution in [2.24, 2.45) is 0 Å². The fourth-order valence-corrected chi connectivity index (χ4v) is 3.55. The Morgan fingerprint density at radius 3 is 2.52 bits per heavy atom. The number of pyridine rings is 2. The lowest BCUT2D eigenvalue weighted by Crippen LogP contribution is -2.36. The molecule has 1 N–H and O–H groups in total. The van der Waals surface area contributed by atoms with Crippen LogP contribution in [0.3, 0.4) is 0 Å². The van der Waals surface area contributed by atoms with Crippen LogP contribution >= 0.6 is 0 Å². The molecule has 1 aliphatic rings. The Morgan fingerprint density at radius 1 is 0.897 bits per heavy atom. The van der Waals surface area contributed by atoms with E-state index in [1.165, 1.54) is 11.8 Å². The quantitative estimate of drug-likeness (QED) is 0.532. The standard InChI is InChI=1S/C22H20FN5O/c23-19-5-3-4-18(25-19)21-22(28-11-2-1-6-20(28)26-21)24-16-7-9-17(10-8-16)27-12-14-29-15-13-27/h1-11,24H,12-15H2. The van der Waals surface area contributed by atoms with Crippen molar-refractivity contribution in [1.82, 2.24) is 14.4 Å². The minimum Gasteiger partial charge on any atom is -0.378 e. The first-order valence-electron chi connectivity index (χ1n) is 9.58. The molecule has 6 nitrogen and oxygen atoms in total. The van der Waals surface area contributed by atoms with E-state index < -0.39 is 5.95 Å². The van der Waals surface area contributed by atoms with Crippen LogP contribution in [0, 0.1) is 5.95 Å². The summed E-state index contributed by atoms with van der Waals surface area (Å²) in [5.74, 6) is 0.221. The van der Waals surface area contributed by atoms with Crippen molar-refractivity contribution in [3.05, 3.63) is 72.8 Å². The van der Waals surface area contributed by atoms with Gasteiger partial charge in [0.15, 0.2) is 0 Å². The van der Waals surface area contributed by atoms with Crippen LogP contribution in [-0.2, 0) is 4.74 Å². The third kappa shape index (κ3) is 3.52. The molecule has 0 amide bonds. The number of fused-ring (bicyclic) bond motifs is 1. The van der Waals surface area contributed by atoms with Crippen LogP contribution < -0.4 is 10.2 Å². The molecule has 3 aromatic heterocycles. The molecule has 29 heavy (non-hydrogen) atoms. The van der Waals surface area contributed by atoms with Crippen LogP contribution in [0.1, 0.15) is 0 Å². The summed E-state index contributed by atoms with van der Waals surface area (Å²) in [5, 5.41) is 3.44. The summed E-state index contributed by atoms with van der Waals surface area (Å²) in [5.41, 5.74) is 3.95. The first-order valence-corrected chi connectivity index (χ1v) is 9.58. The minimum absolute atomic E-state index is 0.487. The minimum atomic E-state index is -0.527. The van der Waals surface area contributed by atoms with E-state index >= 15 is 0 Å². The normalized spacial score (nSPS) is 14.3. The molecule has 0 spiro atoms. The maximum Gasteiger partial charge on any atom is 0.213 e. The number of rotatable bonds is 4. The molecule has 1 aliphatic heterocycles. The molecule has 4 heterocycles. The van der Waals surface area contributed by atoms with E-state index in [0.717, 1.165) is 43.5 Å². The summed E-state index contributed by atoms with van der Waals surface area (Å²) in [6.07, 6.45) is 1.93. The highest BCUT2D eigenvalue weighted by Gasteiger charge is 2.16. The molecule has 0 saturated carbocycles. The number of ether oxygens (including phenoxy) is 1. The van der Waals surface area contributed by atoms with Crippen LogP contribution in [0.4, 0.5) is 21.6 Å². The van der Waals surface area contributed by atoms with Crippen molar-refractivity contribution in [3.8, 4) is 11.4 Å². The van der Waals surface area contributed by atoms with Crippen molar-refractivity contribution >= 4 is 22.8 Å². The zero-order valence-corrected chi connectivity index (χ0v) is 15.8. The van der Waals surface area contributed by atoms with Crippen LogP contribution in [0.25, 0.3) is 17.0 Å². The molecule has 5 rings (SSSR count). The summed E-state index contributed by atoms with van der Waals surface area (Å²) >= 11 is 0. The Bertz CT molecular complexity index is 1140. The van der Waals surface area contributed by atoms with Crippen molar-refractivity contribution < 1.29 is 9.13 Å². The number of nitrogens with one attached hydrogen (secondary N) is 1. The van der Waals surface area contributed by atoms with E-state index in [1.54, 1.807) is 12.1 Å². The lowest BCUT2D eigenvalue weighted by molar-refractivity contribution is 0.122. The maximum atomic E-state index is 13.7. The van der Waals surface area contributed by atoms with Gasteiger partial charge in [0.2, 0.25) is 5.95 Å². The van der Waals surface area contributed by atoms with Crippen LogP contribution in [-0.4, -0.2) is 40.7 Å². The van der Waals surface area contributed by atoms with E-state index in [1.807, 2.05) is 40.9 Å². The molecule has 0 bridgehead atoms. The number of nitrogens with zero attached hydrogens (tertiary/aromatic N) is 4. The van der Waals surface area contributed by atoms with Gasteiger partial charge in [-0.15, -0.1) is 0 Å². The number of benzene rings is 1. The number of morpholine rings is 1. The molecule has 4 aromatic rings. The number of hydrogen-bond acceptors (Lipinski definition) is 5. The Kier molecular flexibility index (Phi) is 4.57. The van der Waals surface area contributed by atoms with Crippen molar-refractivity contribution in [1.29, 1.82) is 0 Å². The van der Waals surface area contributed by atoms with Gasteiger partial charge in [0.1, 0.15) is 17.2 Å². The first kappa shape index (κ1) is 17.6. The van der Waals surface area contributed by atoms with E-state index in [-0.39, 0.29) is 0 Å². The lowest BCUT2D eigenvalue weighted by Gasteiger charge is -2.28. The first-order chi connectivity index (χ1) is 14.3. The second-order valence-corrected chi connectivity index (χ2v) is 6.85. The van der Waals surface area contributed by atoms with Crippen molar-refractivity contribution in [3.63, 3.8) is 0 Å². The second-order valence-electron chi connectivity index (χ2n) is 6.85. The summed E-state index contributed by atoms with van der Waals surface area (Å²) in [7, 11) is 0. The third-order valence-corrected chi connectivity index (χ3v) is 4.99. The molecule has 1 aromatic carbocycles. The summed E-state index contributed by atoms with van der Waals surface area (Å²) in [4.78, 5) is 11.0. The molecule has 0 unspecified atom stereocenters. The Morgan fingerprint density at radius 2 is 1.72 bits per heavy atom. The van der Waals surface area contributed by atoms with Crippen LogP contribution in [0.15, 0.2) is 66.9 Å². The highest BCUT2D eigenvalue weighted by Crippen LogP contribution is 2.30. The molecular formula is C22H20FN5O. The average molecular weight is 389 g/mol. The van der Waals surface area contributed by atoms with Crippen molar-refractivity contribution in [2.45, 2.75) is 0 Å². The van der Waals surface area contributed by atoms with E-state index in [2.05, 4.69) is 32.3 Å². The monoisotopic (exact) mass is 389 g/mol. The van der Waals surface area contributed by atoms with Crippen LogP contribution in [0.5, 0.6) is 0 Å². The lowest BCUT2D eigenvalue weighted by atomic mass is 10.2. The number of halogens is 1. The zero-order valence-electron chi connectivity index (χ0n) is 15.8. The van der Waals surface area contributed by atoms with Gasteiger partial charge in [0.25, 0.3) is 0 Å². The van der Waals surface area contributed by atoms with Crippen LogP contribution in [0.2, 0.25) is 0 Å². The van der Waals surface area contributed by atoms with Gasteiger partial charge in [0, 0.05) is 30.7 Å². The molecule has 0 aliphatic carbocycles. The fourth-order valence-electron chi connectivity index (χ4n) is 3.55. The Balaban J connectivity index is 1.50. The summed E-state index contributed by atoms with van der Waals surface area (Å²) in [6.45, 7) is 3.31. The highest BCUT2D eigenvalue weighted by molar-refractivity contribution is 5.78. The molecule has 0 atom stereocenters. The molecule has 0 radical (unpaired) electrons. The largest absolute Gasteiger partial charge is 0.378 e. The molecular weight excluding hydrogens is 369 g/mol. The number of aromatic nitrogens is 3. The number of anilines is 3. The highest BCUT2D eigenvalue weighted by atomic mass is 19.1. The predicted molar refractivity (Wildman–Crippen MR) is 111 cm³/mol. The van der Waals surface area contributed by atoms with Gasteiger partial charge in [-0.25, -0.2) is 9.97 Å². The smallest absolute Gasteiger partial charge is 0.213 e. The Hall–Kier alpha value is -3.45. The van der Waals surface area contributed by atoms with Gasteiger partial charge in [-0.05, 0) is 48.5 Å². The van der Waals surface area contributed by atoms with E-state index in [4.69, 9.17) is 4.74 Å². The molecule has 146 valence electrons. The van der Waals surface area contributed by atoms with Gasteiger partial charge in [-0.3, -0.25) is 4.40 Å². The Labute approximate surface area is 167 Å². The number of imidazole rings is 1. The maximum absolute atomic E-state index is 13.7. The topological polar surface area (TPSA) is 54.7 Å². The van der Waals surface area contributed by atoms with Gasteiger partial charge in [-0.1, -0.05) is 12.1 Å². The van der Waals surface area contributed by atoms with Crippen molar-refractivity contribution in [2.75, 3.05) is 36.5 Å². The van der Waals surface area contributed by atoms with Gasteiger partial charge in [0.05, 0.1) is 18.9 Å². The average Bonchev–Trinajstić information content (AvgIpc) is 3.13.